The van der Waals surface area contributed by atoms with E-state index in [-0.39, 0.29) is 23.4 Å². The van der Waals surface area contributed by atoms with Crippen molar-refractivity contribution in [2.45, 2.75) is 82.8 Å². The van der Waals surface area contributed by atoms with E-state index in [4.69, 9.17) is 4.74 Å². The molecule has 2 amide bonds. The minimum absolute atomic E-state index is 0.00543. The van der Waals surface area contributed by atoms with Crippen LogP contribution in [0.4, 0.5) is 5.69 Å². The van der Waals surface area contributed by atoms with Crippen LogP contribution in [0.15, 0.2) is 76.1 Å². The van der Waals surface area contributed by atoms with E-state index in [0.29, 0.717) is 22.3 Å². The highest BCUT2D eigenvalue weighted by Gasteiger charge is 2.34. The van der Waals surface area contributed by atoms with Gasteiger partial charge in [-0.3, -0.25) is 13.9 Å². The molecule has 1 aliphatic rings. The monoisotopic (exact) mass is 683 g/mol. The number of nitrogens with one attached hydrogen (secondary N) is 1. The first-order valence-corrected chi connectivity index (χ1v) is 17.3. The van der Waals surface area contributed by atoms with E-state index in [0.717, 1.165) is 53.1 Å². The molecular weight excluding hydrogens is 642 g/mol. The predicted octanol–water partition coefficient (Wildman–Crippen LogP) is 6.53. The van der Waals surface area contributed by atoms with Crippen molar-refractivity contribution < 1.29 is 22.7 Å². The Hall–Kier alpha value is -3.37. The van der Waals surface area contributed by atoms with Gasteiger partial charge in [0.05, 0.1) is 22.2 Å². The number of aryl methyl sites for hydroxylation is 2. The second kappa shape index (κ2) is 15.1. The van der Waals surface area contributed by atoms with E-state index >= 15 is 0 Å². The van der Waals surface area contributed by atoms with Crippen LogP contribution in [0.5, 0.6) is 5.75 Å². The number of hydrogen-bond acceptors (Lipinski definition) is 5. The molecule has 0 bridgehead atoms. The van der Waals surface area contributed by atoms with Gasteiger partial charge < -0.3 is 15.0 Å². The third-order valence-corrected chi connectivity index (χ3v) is 10.5. The number of nitrogens with zero attached hydrogens (tertiary/aromatic N) is 2. The summed E-state index contributed by atoms with van der Waals surface area (Å²) in [5, 5.41) is 3.18. The van der Waals surface area contributed by atoms with Gasteiger partial charge in [-0.15, -0.1) is 0 Å². The molecule has 1 fully saturated rings. The number of halogens is 1. The average molecular weight is 685 g/mol. The van der Waals surface area contributed by atoms with Crippen LogP contribution in [0.3, 0.4) is 0 Å². The molecule has 0 unspecified atom stereocenters. The Morgan fingerprint density at radius 1 is 0.977 bits per heavy atom. The van der Waals surface area contributed by atoms with Crippen LogP contribution in [-0.4, -0.2) is 50.9 Å². The second-order valence-electron chi connectivity index (χ2n) is 11.4. The molecule has 1 N–H and O–H groups in total. The lowest BCUT2D eigenvalue weighted by molar-refractivity contribution is -0.140. The fourth-order valence-electron chi connectivity index (χ4n) is 5.65. The number of anilines is 1. The van der Waals surface area contributed by atoms with Gasteiger partial charge in [0.25, 0.3) is 10.0 Å². The van der Waals surface area contributed by atoms with Crippen LogP contribution in [0.2, 0.25) is 0 Å². The van der Waals surface area contributed by atoms with Crippen LogP contribution in [-0.2, 0) is 26.2 Å². The zero-order valence-corrected chi connectivity index (χ0v) is 28.3. The normalized spacial score (nSPS) is 14.5. The van der Waals surface area contributed by atoms with Crippen molar-refractivity contribution in [2.75, 3.05) is 18.0 Å². The predicted molar refractivity (Wildman–Crippen MR) is 177 cm³/mol. The van der Waals surface area contributed by atoms with E-state index in [1.54, 1.807) is 18.2 Å². The van der Waals surface area contributed by atoms with Crippen molar-refractivity contribution in [1.82, 2.24) is 10.2 Å². The maximum absolute atomic E-state index is 14.3. The first kappa shape index (κ1) is 33.5. The van der Waals surface area contributed by atoms with E-state index in [9.17, 15) is 18.0 Å². The summed E-state index contributed by atoms with van der Waals surface area (Å²) in [7, 11) is -2.70. The Bertz CT molecular complexity index is 1560. The van der Waals surface area contributed by atoms with Gasteiger partial charge in [0, 0.05) is 12.6 Å². The zero-order valence-electron chi connectivity index (χ0n) is 25.9. The molecule has 0 saturated heterocycles. The fourth-order valence-corrected chi connectivity index (χ4v) is 7.78. The number of methoxy groups -OCH3 is 1. The summed E-state index contributed by atoms with van der Waals surface area (Å²) in [6.45, 7) is 5.46. The summed E-state index contributed by atoms with van der Waals surface area (Å²) >= 11 is 3.39. The maximum Gasteiger partial charge on any atom is 0.264 e. The number of rotatable bonds is 12. The van der Waals surface area contributed by atoms with Crippen molar-refractivity contribution in [3.05, 3.63) is 87.9 Å². The molecule has 10 heteroatoms. The van der Waals surface area contributed by atoms with Gasteiger partial charge in [-0.25, -0.2) is 8.42 Å². The molecule has 4 rings (SSSR count). The summed E-state index contributed by atoms with van der Waals surface area (Å²) in [6.07, 6.45) is 5.53. The van der Waals surface area contributed by atoms with Crippen molar-refractivity contribution in [2.24, 2.45) is 0 Å². The first-order valence-electron chi connectivity index (χ1n) is 15.1. The van der Waals surface area contributed by atoms with E-state index in [1.807, 2.05) is 57.2 Å². The van der Waals surface area contributed by atoms with Crippen molar-refractivity contribution >= 4 is 43.5 Å². The fraction of sp³-hybridized carbons (Fsp3) is 0.412. The van der Waals surface area contributed by atoms with Crippen molar-refractivity contribution in [3.8, 4) is 5.75 Å². The van der Waals surface area contributed by atoms with Crippen LogP contribution in [0.1, 0.15) is 62.1 Å². The molecular formula is C34H42BrN3O5S. The van der Waals surface area contributed by atoms with Crippen molar-refractivity contribution in [3.63, 3.8) is 0 Å². The van der Waals surface area contributed by atoms with Gasteiger partial charge >= 0.3 is 0 Å². The second-order valence-corrected chi connectivity index (χ2v) is 14.1. The number of ether oxygens (including phenoxy) is 1. The lowest BCUT2D eigenvalue weighted by Crippen LogP contribution is -2.54. The van der Waals surface area contributed by atoms with Gasteiger partial charge in [-0.05, 0) is 84.9 Å². The SMILES string of the molecule is CC[C@H](C(=O)NC1CCCCC1)N(Cc1cccc(C)c1)C(=O)CN(c1ccc(C)cc1)S(=O)(=O)c1ccc(OC)c(Br)c1. The molecule has 1 aliphatic carbocycles. The molecule has 0 heterocycles. The summed E-state index contributed by atoms with van der Waals surface area (Å²) in [4.78, 5) is 29.6. The van der Waals surface area contributed by atoms with Gasteiger partial charge in [0.15, 0.2) is 0 Å². The minimum atomic E-state index is -4.20. The van der Waals surface area contributed by atoms with Crippen LogP contribution in [0.25, 0.3) is 0 Å². The van der Waals surface area contributed by atoms with Gasteiger partial charge in [-0.2, -0.15) is 0 Å². The molecule has 3 aromatic carbocycles. The molecule has 8 nitrogen and oxygen atoms in total. The highest BCUT2D eigenvalue weighted by Crippen LogP contribution is 2.31. The Morgan fingerprint density at radius 2 is 1.68 bits per heavy atom. The van der Waals surface area contributed by atoms with Crippen LogP contribution < -0.4 is 14.4 Å². The lowest BCUT2D eigenvalue weighted by Gasteiger charge is -2.34. The molecule has 0 radical (unpaired) electrons. The summed E-state index contributed by atoms with van der Waals surface area (Å²) in [5.74, 6) is -0.181. The number of carbonyl (C=O) groups excluding carboxylic acids is 2. The Labute approximate surface area is 270 Å². The topological polar surface area (TPSA) is 96.0 Å². The Morgan fingerprint density at radius 3 is 2.30 bits per heavy atom. The summed E-state index contributed by atoms with van der Waals surface area (Å²) in [6, 6.07) is 18.6. The molecule has 0 aromatic heterocycles. The molecule has 1 atom stereocenters. The first-order chi connectivity index (χ1) is 21.0. The van der Waals surface area contributed by atoms with Crippen LogP contribution >= 0.6 is 15.9 Å². The number of carbonyl (C=O) groups is 2. The minimum Gasteiger partial charge on any atom is -0.496 e. The van der Waals surface area contributed by atoms with E-state index in [2.05, 4.69) is 21.2 Å². The van der Waals surface area contributed by atoms with E-state index < -0.39 is 28.5 Å². The van der Waals surface area contributed by atoms with Crippen LogP contribution in [0, 0.1) is 13.8 Å². The molecule has 1 saturated carbocycles. The van der Waals surface area contributed by atoms with Gasteiger partial charge in [0.2, 0.25) is 11.8 Å². The third kappa shape index (κ3) is 8.21. The summed E-state index contributed by atoms with van der Waals surface area (Å²) in [5.41, 5.74) is 3.21. The number of hydrogen-bond donors (Lipinski definition) is 1. The maximum atomic E-state index is 14.3. The van der Waals surface area contributed by atoms with Gasteiger partial charge in [-0.1, -0.05) is 73.7 Å². The highest BCUT2D eigenvalue weighted by molar-refractivity contribution is 9.10. The molecule has 0 spiro atoms. The largest absolute Gasteiger partial charge is 0.496 e. The van der Waals surface area contributed by atoms with Crippen molar-refractivity contribution in [1.29, 1.82) is 0 Å². The molecule has 3 aromatic rings. The standard InChI is InChI=1S/C34H42BrN3O5S/c1-5-31(34(40)36-27-12-7-6-8-13-27)37(22-26-11-9-10-25(3)20-26)33(39)23-38(28-16-14-24(2)15-17-28)44(41,42)29-18-19-32(43-4)30(35)21-29/h9-11,14-21,27,31H,5-8,12-13,22-23H2,1-4H3,(H,36,40)/t31-/m1/s1. The van der Waals surface area contributed by atoms with Gasteiger partial charge in [0.1, 0.15) is 18.3 Å². The molecule has 236 valence electrons. The Kier molecular flexibility index (Phi) is 11.5. The zero-order chi connectivity index (χ0) is 31.9. The summed E-state index contributed by atoms with van der Waals surface area (Å²) < 4.78 is 35.3. The quantitative estimate of drug-likeness (QED) is 0.234. The highest BCUT2D eigenvalue weighted by atomic mass is 79.9. The molecule has 0 aliphatic heterocycles. The lowest BCUT2D eigenvalue weighted by atomic mass is 9.95. The third-order valence-electron chi connectivity index (χ3n) is 8.08. The Balaban J connectivity index is 1.72. The molecule has 44 heavy (non-hydrogen) atoms. The van der Waals surface area contributed by atoms with E-state index in [1.165, 1.54) is 24.1 Å². The number of sulfonamides is 1. The number of benzene rings is 3. The smallest absolute Gasteiger partial charge is 0.264 e. The average Bonchev–Trinajstić information content (AvgIpc) is 3.00. The number of amides is 2.